The molecule has 72 valence electrons. The first kappa shape index (κ1) is 11.7. The summed E-state index contributed by atoms with van der Waals surface area (Å²) in [6, 6.07) is 0. The second kappa shape index (κ2) is 5.36. The topological polar surface area (TPSA) is 17.8 Å². The number of imidazole rings is 1. The second-order valence-corrected chi connectivity index (χ2v) is 2.40. The van der Waals surface area contributed by atoms with Crippen molar-refractivity contribution in [3.63, 3.8) is 0 Å². The van der Waals surface area contributed by atoms with Crippen LogP contribution in [0.25, 0.3) is 12.2 Å². The molecule has 1 aromatic heterocycles. The fourth-order valence-corrected chi connectivity index (χ4v) is 1.04. The molecule has 1 rings (SSSR count). The molecule has 0 fully saturated rings. The van der Waals surface area contributed by atoms with Crippen molar-refractivity contribution in [2.75, 3.05) is 0 Å². The average molecular weight is 178 g/mol. The summed E-state index contributed by atoms with van der Waals surface area (Å²) >= 11 is 0. The van der Waals surface area contributed by atoms with E-state index in [0.717, 1.165) is 17.2 Å². The maximum absolute atomic E-state index is 4.27. The van der Waals surface area contributed by atoms with Gasteiger partial charge in [-0.25, -0.2) is 4.98 Å². The highest BCUT2D eigenvalue weighted by Crippen LogP contribution is 2.11. The Kier molecular flexibility index (Phi) is 4.82. The van der Waals surface area contributed by atoms with Crippen LogP contribution in [0.15, 0.2) is 13.2 Å². The number of hydrogen-bond donors (Lipinski definition) is 0. The molecule has 1 heterocycles. The standard InChI is InChI=1S/C9H12N2.C2H6/c1-5-8-9(6-2)11(4)7(3)10-8;1-2/h5-6H,1-2H2,3-4H3;1-2H3. The summed E-state index contributed by atoms with van der Waals surface area (Å²) in [6.45, 7) is 13.3. The smallest absolute Gasteiger partial charge is 0.106 e. The molecule has 0 bridgehead atoms. The predicted molar refractivity (Wildman–Crippen MR) is 59.5 cm³/mol. The largest absolute Gasteiger partial charge is 0.331 e. The molecule has 0 spiro atoms. The zero-order chi connectivity index (χ0) is 10.4. The molecule has 0 N–H and O–H groups in total. The highest BCUT2D eigenvalue weighted by Gasteiger charge is 2.04. The summed E-state index contributed by atoms with van der Waals surface area (Å²) in [5.41, 5.74) is 1.93. The van der Waals surface area contributed by atoms with Crippen LogP contribution >= 0.6 is 0 Å². The summed E-state index contributed by atoms with van der Waals surface area (Å²) < 4.78 is 1.99. The summed E-state index contributed by atoms with van der Waals surface area (Å²) in [7, 11) is 1.96. The number of nitrogens with zero attached hydrogens (tertiary/aromatic N) is 2. The normalized spacial score (nSPS) is 8.62. The van der Waals surface area contributed by atoms with Crippen molar-refractivity contribution in [3.8, 4) is 0 Å². The summed E-state index contributed by atoms with van der Waals surface area (Å²) in [6.07, 6.45) is 3.53. The van der Waals surface area contributed by atoms with Crippen molar-refractivity contribution in [1.82, 2.24) is 9.55 Å². The van der Waals surface area contributed by atoms with E-state index < -0.39 is 0 Å². The van der Waals surface area contributed by atoms with Gasteiger partial charge in [0, 0.05) is 7.05 Å². The Hall–Kier alpha value is -1.31. The number of hydrogen-bond acceptors (Lipinski definition) is 1. The van der Waals surface area contributed by atoms with E-state index in [9.17, 15) is 0 Å². The Morgan fingerprint density at radius 1 is 1.23 bits per heavy atom. The molecule has 0 saturated carbocycles. The Bertz CT molecular complexity index is 295. The van der Waals surface area contributed by atoms with E-state index in [1.807, 2.05) is 32.4 Å². The molecule has 0 aromatic carbocycles. The molecule has 0 saturated heterocycles. The van der Waals surface area contributed by atoms with Crippen molar-refractivity contribution in [2.24, 2.45) is 7.05 Å². The quantitative estimate of drug-likeness (QED) is 0.680. The van der Waals surface area contributed by atoms with Gasteiger partial charge >= 0.3 is 0 Å². The first-order valence-electron chi connectivity index (χ1n) is 4.49. The van der Waals surface area contributed by atoms with Crippen LogP contribution in [-0.2, 0) is 7.05 Å². The zero-order valence-electron chi connectivity index (χ0n) is 8.96. The zero-order valence-corrected chi connectivity index (χ0v) is 8.96. The van der Waals surface area contributed by atoms with E-state index in [-0.39, 0.29) is 0 Å². The van der Waals surface area contributed by atoms with Gasteiger partial charge in [-0.05, 0) is 19.1 Å². The molecule has 0 radical (unpaired) electrons. The van der Waals surface area contributed by atoms with Gasteiger partial charge in [-0.2, -0.15) is 0 Å². The van der Waals surface area contributed by atoms with E-state index in [4.69, 9.17) is 0 Å². The maximum Gasteiger partial charge on any atom is 0.106 e. The van der Waals surface area contributed by atoms with Crippen LogP contribution in [-0.4, -0.2) is 9.55 Å². The molecule has 0 atom stereocenters. The third kappa shape index (κ3) is 2.31. The second-order valence-electron chi connectivity index (χ2n) is 2.40. The molecule has 0 amide bonds. The minimum atomic E-state index is 0.903. The molecular weight excluding hydrogens is 160 g/mol. The Labute approximate surface area is 80.6 Å². The molecule has 0 unspecified atom stereocenters. The highest BCUT2D eigenvalue weighted by molar-refractivity contribution is 5.58. The molecular formula is C11H18N2. The molecule has 0 aliphatic rings. The van der Waals surface area contributed by atoms with Gasteiger partial charge < -0.3 is 4.57 Å². The monoisotopic (exact) mass is 178 g/mol. The summed E-state index contributed by atoms with van der Waals surface area (Å²) in [4.78, 5) is 4.27. The molecule has 13 heavy (non-hydrogen) atoms. The number of aryl methyl sites for hydroxylation is 1. The van der Waals surface area contributed by atoms with Crippen molar-refractivity contribution in [3.05, 3.63) is 30.4 Å². The first-order valence-corrected chi connectivity index (χ1v) is 4.49. The Morgan fingerprint density at radius 2 is 1.77 bits per heavy atom. The Morgan fingerprint density at radius 3 is 2.08 bits per heavy atom. The first-order chi connectivity index (χ1) is 6.20. The summed E-state index contributed by atoms with van der Waals surface area (Å²) in [5, 5.41) is 0. The molecule has 0 aliphatic carbocycles. The van der Waals surface area contributed by atoms with Gasteiger partial charge in [0.15, 0.2) is 0 Å². The lowest BCUT2D eigenvalue weighted by Gasteiger charge is -1.96. The third-order valence-electron chi connectivity index (χ3n) is 1.78. The van der Waals surface area contributed by atoms with Crippen LogP contribution in [0.5, 0.6) is 0 Å². The van der Waals surface area contributed by atoms with Gasteiger partial charge in [-0.15, -0.1) is 0 Å². The molecule has 2 heteroatoms. The van der Waals surface area contributed by atoms with E-state index >= 15 is 0 Å². The van der Waals surface area contributed by atoms with E-state index in [1.165, 1.54) is 0 Å². The Balaban J connectivity index is 0.000000671. The van der Waals surface area contributed by atoms with Crippen LogP contribution in [0, 0.1) is 6.92 Å². The molecule has 0 aliphatic heterocycles. The van der Waals surface area contributed by atoms with Crippen molar-refractivity contribution in [1.29, 1.82) is 0 Å². The third-order valence-corrected chi connectivity index (χ3v) is 1.78. The minimum Gasteiger partial charge on any atom is -0.331 e. The average Bonchev–Trinajstić information content (AvgIpc) is 2.46. The lowest BCUT2D eigenvalue weighted by Crippen LogP contribution is -1.93. The van der Waals surface area contributed by atoms with Crippen LogP contribution in [0.3, 0.4) is 0 Å². The van der Waals surface area contributed by atoms with Gasteiger partial charge in [-0.1, -0.05) is 27.0 Å². The van der Waals surface area contributed by atoms with Gasteiger partial charge in [0.25, 0.3) is 0 Å². The minimum absolute atomic E-state index is 0.903. The van der Waals surface area contributed by atoms with Gasteiger partial charge in [0.1, 0.15) is 5.82 Å². The van der Waals surface area contributed by atoms with Crippen molar-refractivity contribution in [2.45, 2.75) is 20.8 Å². The van der Waals surface area contributed by atoms with Crippen LogP contribution < -0.4 is 0 Å². The van der Waals surface area contributed by atoms with Crippen LogP contribution in [0.2, 0.25) is 0 Å². The fourth-order valence-electron chi connectivity index (χ4n) is 1.04. The van der Waals surface area contributed by atoms with Gasteiger partial charge in [0.05, 0.1) is 11.4 Å². The SMILES string of the molecule is C=Cc1nc(C)n(C)c1C=C.CC. The van der Waals surface area contributed by atoms with Crippen molar-refractivity contribution >= 4 is 12.2 Å². The molecule has 2 nitrogen and oxygen atoms in total. The number of aromatic nitrogens is 2. The maximum atomic E-state index is 4.27. The molecule has 1 aromatic rings. The van der Waals surface area contributed by atoms with Crippen LogP contribution in [0.4, 0.5) is 0 Å². The lowest BCUT2D eigenvalue weighted by atomic mass is 10.3. The van der Waals surface area contributed by atoms with E-state index in [1.54, 1.807) is 12.2 Å². The van der Waals surface area contributed by atoms with Crippen molar-refractivity contribution < 1.29 is 0 Å². The van der Waals surface area contributed by atoms with Crippen LogP contribution in [0.1, 0.15) is 31.1 Å². The van der Waals surface area contributed by atoms with Gasteiger partial charge in [0.2, 0.25) is 0 Å². The summed E-state index contributed by atoms with van der Waals surface area (Å²) in [5.74, 6) is 0.981. The van der Waals surface area contributed by atoms with E-state index in [2.05, 4.69) is 18.1 Å². The highest BCUT2D eigenvalue weighted by atomic mass is 15.1. The fraction of sp³-hybridized carbons (Fsp3) is 0.364. The van der Waals surface area contributed by atoms with Gasteiger partial charge in [-0.3, -0.25) is 0 Å². The van der Waals surface area contributed by atoms with E-state index in [0.29, 0.717) is 0 Å². The lowest BCUT2D eigenvalue weighted by molar-refractivity contribution is 0.849. The predicted octanol–water partition coefficient (Wildman–Crippen LogP) is 3.04. The number of rotatable bonds is 2.